The van der Waals surface area contributed by atoms with Gasteiger partial charge >= 0.3 is 0 Å². The van der Waals surface area contributed by atoms with Crippen molar-refractivity contribution >= 4 is 11.6 Å². The standard InChI is InChI=1S/C24H31N3O2/c1-29-23-9-7-22(8-10-23)26-15-17-27(18-16-26)24(28)21-11-13-25(14-12-21)19-20-5-3-2-4-6-20/h2-10,21H,11-19H2,1H3. The van der Waals surface area contributed by atoms with Crippen LogP contribution in [0.1, 0.15) is 18.4 Å². The number of likely N-dealkylation sites (tertiary alicyclic amines) is 1. The smallest absolute Gasteiger partial charge is 0.225 e. The molecule has 2 saturated heterocycles. The average molecular weight is 394 g/mol. The van der Waals surface area contributed by atoms with Crippen LogP contribution in [-0.4, -0.2) is 62.1 Å². The number of carbonyl (C=O) groups is 1. The summed E-state index contributed by atoms with van der Waals surface area (Å²) in [7, 11) is 1.69. The van der Waals surface area contributed by atoms with Crippen LogP contribution < -0.4 is 9.64 Å². The van der Waals surface area contributed by atoms with Crippen LogP contribution in [0.15, 0.2) is 54.6 Å². The van der Waals surface area contributed by atoms with Crippen LogP contribution in [0.5, 0.6) is 5.75 Å². The number of ether oxygens (including phenoxy) is 1. The highest BCUT2D eigenvalue weighted by molar-refractivity contribution is 5.79. The molecule has 5 nitrogen and oxygen atoms in total. The molecule has 0 saturated carbocycles. The summed E-state index contributed by atoms with van der Waals surface area (Å²) < 4.78 is 5.24. The van der Waals surface area contributed by atoms with Gasteiger partial charge in [0.25, 0.3) is 0 Å². The molecule has 2 aliphatic rings. The van der Waals surface area contributed by atoms with E-state index in [1.54, 1.807) is 7.11 Å². The van der Waals surface area contributed by atoms with E-state index in [1.165, 1.54) is 11.3 Å². The first-order valence-electron chi connectivity index (χ1n) is 10.7. The number of amides is 1. The Morgan fingerprint density at radius 2 is 1.55 bits per heavy atom. The summed E-state index contributed by atoms with van der Waals surface area (Å²) >= 11 is 0. The molecule has 0 atom stereocenters. The van der Waals surface area contributed by atoms with Crippen molar-refractivity contribution in [1.29, 1.82) is 0 Å². The van der Waals surface area contributed by atoms with Gasteiger partial charge in [-0.05, 0) is 55.8 Å². The quantitative estimate of drug-likeness (QED) is 0.781. The largest absolute Gasteiger partial charge is 0.497 e. The number of nitrogens with zero attached hydrogens (tertiary/aromatic N) is 3. The van der Waals surface area contributed by atoms with E-state index in [-0.39, 0.29) is 5.92 Å². The van der Waals surface area contributed by atoms with Crippen LogP contribution in [0.25, 0.3) is 0 Å². The highest BCUT2D eigenvalue weighted by atomic mass is 16.5. The second kappa shape index (κ2) is 9.31. The van der Waals surface area contributed by atoms with Gasteiger partial charge in [-0.1, -0.05) is 30.3 Å². The summed E-state index contributed by atoms with van der Waals surface area (Å²) in [6.07, 6.45) is 1.95. The van der Waals surface area contributed by atoms with Crippen molar-refractivity contribution in [1.82, 2.24) is 9.80 Å². The van der Waals surface area contributed by atoms with Gasteiger partial charge in [-0.25, -0.2) is 0 Å². The molecule has 154 valence electrons. The highest BCUT2D eigenvalue weighted by Crippen LogP contribution is 2.24. The summed E-state index contributed by atoms with van der Waals surface area (Å²) in [6, 6.07) is 18.8. The molecule has 4 rings (SSSR count). The van der Waals surface area contributed by atoms with E-state index in [0.717, 1.165) is 64.4 Å². The average Bonchev–Trinajstić information content (AvgIpc) is 2.80. The molecule has 0 unspecified atom stereocenters. The zero-order valence-electron chi connectivity index (χ0n) is 17.3. The molecule has 0 spiro atoms. The molecule has 2 aliphatic heterocycles. The van der Waals surface area contributed by atoms with Crippen molar-refractivity contribution in [2.45, 2.75) is 19.4 Å². The third-order valence-corrected chi connectivity index (χ3v) is 6.21. The lowest BCUT2D eigenvalue weighted by molar-refractivity contribution is -0.137. The van der Waals surface area contributed by atoms with Gasteiger partial charge in [0.05, 0.1) is 7.11 Å². The summed E-state index contributed by atoms with van der Waals surface area (Å²) in [5, 5.41) is 0. The first kappa shape index (κ1) is 19.8. The Kier molecular flexibility index (Phi) is 6.35. The number of hydrogen-bond donors (Lipinski definition) is 0. The number of carbonyl (C=O) groups excluding carboxylic acids is 1. The van der Waals surface area contributed by atoms with Crippen molar-refractivity contribution in [3.8, 4) is 5.75 Å². The fourth-order valence-corrected chi connectivity index (χ4v) is 4.42. The molecule has 0 bridgehead atoms. The van der Waals surface area contributed by atoms with Gasteiger partial charge in [-0.3, -0.25) is 9.69 Å². The van der Waals surface area contributed by atoms with Gasteiger partial charge in [0.15, 0.2) is 0 Å². The summed E-state index contributed by atoms with van der Waals surface area (Å²) in [5.41, 5.74) is 2.55. The Balaban J connectivity index is 1.23. The number of piperazine rings is 1. The van der Waals surface area contributed by atoms with Gasteiger partial charge < -0.3 is 14.5 Å². The minimum absolute atomic E-state index is 0.189. The molecule has 5 heteroatoms. The number of benzene rings is 2. The van der Waals surface area contributed by atoms with Gasteiger partial charge in [0.1, 0.15) is 5.75 Å². The zero-order chi connectivity index (χ0) is 20.1. The van der Waals surface area contributed by atoms with Gasteiger partial charge in [0.2, 0.25) is 5.91 Å². The second-order valence-corrected chi connectivity index (χ2v) is 8.05. The van der Waals surface area contributed by atoms with Gasteiger partial charge in [0, 0.05) is 44.3 Å². The first-order chi connectivity index (χ1) is 14.2. The minimum Gasteiger partial charge on any atom is -0.497 e. The predicted molar refractivity (Wildman–Crippen MR) is 116 cm³/mol. The topological polar surface area (TPSA) is 36.0 Å². The van der Waals surface area contributed by atoms with E-state index >= 15 is 0 Å². The van der Waals surface area contributed by atoms with Gasteiger partial charge in [-0.2, -0.15) is 0 Å². The van der Waals surface area contributed by atoms with Crippen LogP contribution in [0, 0.1) is 5.92 Å². The van der Waals surface area contributed by atoms with Crippen molar-refractivity contribution in [3.05, 3.63) is 60.2 Å². The minimum atomic E-state index is 0.189. The molecular weight excluding hydrogens is 362 g/mol. The maximum atomic E-state index is 13.0. The zero-order valence-corrected chi connectivity index (χ0v) is 17.3. The summed E-state index contributed by atoms with van der Waals surface area (Å²) in [6.45, 7) is 6.43. The van der Waals surface area contributed by atoms with E-state index in [9.17, 15) is 4.79 Å². The maximum Gasteiger partial charge on any atom is 0.225 e. The maximum absolute atomic E-state index is 13.0. The van der Waals surface area contributed by atoms with Crippen LogP contribution in [0.4, 0.5) is 5.69 Å². The second-order valence-electron chi connectivity index (χ2n) is 8.05. The van der Waals surface area contributed by atoms with Crippen molar-refractivity contribution in [3.63, 3.8) is 0 Å². The molecule has 2 aromatic carbocycles. The Hall–Kier alpha value is -2.53. The molecule has 0 radical (unpaired) electrons. The Bertz CT molecular complexity index is 778. The van der Waals surface area contributed by atoms with E-state index in [4.69, 9.17) is 4.74 Å². The summed E-state index contributed by atoms with van der Waals surface area (Å²) in [4.78, 5) is 19.9. The lowest BCUT2D eigenvalue weighted by Crippen LogP contribution is -2.51. The molecule has 1 amide bonds. The number of piperidine rings is 1. The van der Waals surface area contributed by atoms with Crippen LogP contribution in [0.3, 0.4) is 0 Å². The highest BCUT2D eigenvalue weighted by Gasteiger charge is 2.30. The van der Waals surface area contributed by atoms with E-state index in [2.05, 4.69) is 57.2 Å². The van der Waals surface area contributed by atoms with Crippen LogP contribution >= 0.6 is 0 Å². The summed E-state index contributed by atoms with van der Waals surface area (Å²) in [5.74, 6) is 1.43. The third kappa shape index (κ3) is 4.91. The van der Waals surface area contributed by atoms with Crippen molar-refractivity contribution < 1.29 is 9.53 Å². The van der Waals surface area contributed by atoms with Crippen molar-refractivity contribution in [2.24, 2.45) is 5.92 Å². The lowest BCUT2D eigenvalue weighted by Gasteiger charge is -2.39. The van der Waals surface area contributed by atoms with Gasteiger partial charge in [-0.15, -0.1) is 0 Å². The lowest BCUT2D eigenvalue weighted by atomic mass is 9.94. The molecule has 0 aromatic heterocycles. The van der Waals surface area contributed by atoms with Crippen LogP contribution in [-0.2, 0) is 11.3 Å². The number of rotatable bonds is 5. The number of anilines is 1. The van der Waals surface area contributed by atoms with E-state index in [0.29, 0.717) is 5.91 Å². The predicted octanol–water partition coefficient (Wildman–Crippen LogP) is 3.26. The molecule has 2 aromatic rings. The molecule has 29 heavy (non-hydrogen) atoms. The molecule has 2 heterocycles. The van der Waals surface area contributed by atoms with Crippen molar-refractivity contribution in [2.75, 3.05) is 51.3 Å². The Morgan fingerprint density at radius 1 is 0.897 bits per heavy atom. The molecule has 0 aliphatic carbocycles. The SMILES string of the molecule is COc1ccc(N2CCN(C(=O)C3CCN(Cc4ccccc4)CC3)CC2)cc1. The van der Waals surface area contributed by atoms with E-state index < -0.39 is 0 Å². The molecule has 2 fully saturated rings. The fraction of sp³-hybridized carbons (Fsp3) is 0.458. The Morgan fingerprint density at radius 3 is 2.17 bits per heavy atom. The molecular formula is C24H31N3O2. The van der Waals surface area contributed by atoms with Crippen LogP contribution in [0.2, 0.25) is 0 Å². The molecule has 0 N–H and O–H groups in total. The van der Waals surface area contributed by atoms with E-state index in [1.807, 2.05) is 12.1 Å². The fourth-order valence-electron chi connectivity index (χ4n) is 4.42. The third-order valence-electron chi connectivity index (χ3n) is 6.21. The monoisotopic (exact) mass is 393 g/mol. The first-order valence-corrected chi connectivity index (χ1v) is 10.7. The Labute approximate surface area is 173 Å². The normalized spacial score (nSPS) is 18.7. The number of hydrogen-bond acceptors (Lipinski definition) is 4. The number of methoxy groups -OCH3 is 1.